The van der Waals surface area contributed by atoms with Crippen molar-refractivity contribution in [2.45, 2.75) is 58.0 Å². The first-order valence-corrected chi connectivity index (χ1v) is 8.87. The zero-order chi connectivity index (χ0) is 14.2. The van der Waals surface area contributed by atoms with Crippen LogP contribution in [0, 0.1) is 5.92 Å². The number of hydrogen-bond acceptors (Lipinski definition) is 4. The molecule has 1 aromatic rings. The number of nitrogens with zero attached hydrogens (tertiary/aromatic N) is 2. The van der Waals surface area contributed by atoms with Gasteiger partial charge >= 0.3 is 0 Å². The lowest BCUT2D eigenvalue weighted by Crippen LogP contribution is -2.51. The summed E-state index contributed by atoms with van der Waals surface area (Å²) in [6, 6.07) is 0.457. The van der Waals surface area contributed by atoms with E-state index >= 15 is 0 Å². The second kappa shape index (κ2) is 5.74. The van der Waals surface area contributed by atoms with Crippen molar-refractivity contribution in [1.29, 1.82) is 0 Å². The first kappa shape index (κ1) is 14.5. The van der Waals surface area contributed by atoms with E-state index < -0.39 is 0 Å². The molecule has 3 rings (SSSR count). The number of nitrogens with one attached hydrogen (secondary N) is 1. The summed E-state index contributed by atoms with van der Waals surface area (Å²) in [7, 11) is 0. The molecule has 0 bridgehead atoms. The molecule has 3 nitrogen and oxygen atoms in total. The molecule has 112 valence electrons. The molecule has 0 aromatic carbocycles. The summed E-state index contributed by atoms with van der Waals surface area (Å²) in [5, 5.41) is 5.11. The highest BCUT2D eigenvalue weighted by Crippen LogP contribution is 2.41. The maximum absolute atomic E-state index is 4.66. The molecule has 1 saturated carbocycles. The van der Waals surface area contributed by atoms with Crippen molar-refractivity contribution < 1.29 is 0 Å². The molecule has 0 radical (unpaired) electrons. The van der Waals surface area contributed by atoms with Gasteiger partial charge in [-0.25, -0.2) is 4.98 Å². The van der Waals surface area contributed by atoms with Crippen LogP contribution in [0.25, 0.3) is 0 Å². The first-order valence-electron chi connectivity index (χ1n) is 8.06. The van der Waals surface area contributed by atoms with E-state index in [1.165, 1.54) is 42.2 Å². The van der Waals surface area contributed by atoms with E-state index in [2.05, 4.69) is 42.2 Å². The van der Waals surface area contributed by atoms with Gasteiger partial charge in [-0.15, -0.1) is 11.3 Å². The number of aryl methyl sites for hydroxylation is 1. The maximum Gasteiger partial charge on any atom is 0.110 e. The molecule has 1 aromatic heterocycles. The van der Waals surface area contributed by atoms with Crippen LogP contribution >= 0.6 is 11.3 Å². The predicted octanol–water partition coefficient (Wildman–Crippen LogP) is 3.23. The second-order valence-corrected chi connectivity index (χ2v) is 7.78. The van der Waals surface area contributed by atoms with Crippen LogP contribution in [0.3, 0.4) is 0 Å². The third-order valence-corrected chi connectivity index (χ3v) is 6.30. The Labute approximate surface area is 126 Å². The van der Waals surface area contributed by atoms with Gasteiger partial charge in [-0.05, 0) is 52.0 Å². The van der Waals surface area contributed by atoms with E-state index in [-0.39, 0.29) is 0 Å². The molecule has 2 heterocycles. The molecule has 2 unspecified atom stereocenters. The minimum absolute atomic E-state index is 0.315. The van der Waals surface area contributed by atoms with Crippen LogP contribution in [0.1, 0.15) is 56.0 Å². The smallest absolute Gasteiger partial charge is 0.110 e. The minimum atomic E-state index is 0.315. The summed E-state index contributed by atoms with van der Waals surface area (Å²) in [5.74, 6) is 0.887. The lowest BCUT2D eigenvalue weighted by Gasteiger charge is -2.36. The molecule has 2 fully saturated rings. The van der Waals surface area contributed by atoms with Crippen LogP contribution in [-0.2, 0) is 6.42 Å². The quantitative estimate of drug-likeness (QED) is 0.924. The predicted molar refractivity (Wildman–Crippen MR) is 85.2 cm³/mol. The van der Waals surface area contributed by atoms with Gasteiger partial charge < -0.3 is 5.32 Å². The van der Waals surface area contributed by atoms with Crippen molar-refractivity contribution in [3.05, 3.63) is 16.1 Å². The van der Waals surface area contributed by atoms with Crippen molar-refractivity contribution in [1.82, 2.24) is 15.2 Å². The molecule has 1 N–H and O–H groups in total. The van der Waals surface area contributed by atoms with Gasteiger partial charge in [-0.1, -0.05) is 6.92 Å². The summed E-state index contributed by atoms with van der Waals surface area (Å²) < 4.78 is 0. The highest BCUT2D eigenvalue weighted by atomic mass is 32.1. The topological polar surface area (TPSA) is 28.2 Å². The third-order valence-electron chi connectivity index (χ3n) is 4.99. The maximum atomic E-state index is 4.66. The fourth-order valence-electron chi connectivity index (χ4n) is 3.37. The van der Waals surface area contributed by atoms with E-state index in [4.69, 9.17) is 0 Å². The Bertz CT molecular complexity index is 454. The van der Waals surface area contributed by atoms with Gasteiger partial charge in [0.2, 0.25) is 0 Å². The van der Waals surface area contributed by atoms with Gasteiger partial charge in [0.25, 0.3) is 0 Å². The van der Waals surface area contributed by atoms with E-state index in [1.807, 2.05) is 11.3 Å². The van der Waals surface area contributed by atoms with Gasteiger partial charge in [-0.3, -0.25) is 4.90 Å². The van der Waals surface area contributed by atoms with E-state index in [1.54, 1.807) is 0 Å². The Morgan fingerprint density at radius 3 is 3.00 bits per heavy atom. The number of aromatic nitrogens is 1. The lowest BCUT2D eigenvalue weighted by molar-refractivity contribution is 0.159. The van der Waals surface area contributed by atoms with E-state index in [9.17, 15) is 0 Å². The largest absolute Gasteiger partial charge is 0.310 e. The Hall–Kier alpha value is -0.450. The van der Waals surface area contributed by atoms with Crippen molar-refractivity contribution in [3.8, 4) is 0 Å². The van der Waals surface area contributed by atoms with Crippen LogP contribution in [0.15, 0.2) is 6.20 Å². The van der Waals surface area contributed by atoms with Gasteiger partial charge in [0.1, 0.15) is 5.01 Å². The summed E-state index contributed by atoms with van der Waals surface area (Å²) in [6.45, 7) is 10.5. The van der Waals surface area contributed by atoms with E-state index in [0.717, 1.165) is 18.9 Å². The first-order chi connectivity index (χ1) is 9.62. The summed E-state index contributed by atoms with van der Waals surface area (Å²) in [5.41, 5.74) is 0.315. The molecule has 1 aliphatic carbocycles. The number of hydrogen-bond donors (Lipinski definition) is 1. The molecule has 20 heavy (non-hydrogen) atoms. The van der Waals surface area contributed by atoms with Crippen LogP contribution in [0.4, 0.5) is 0 Å². The fourth-order valence-corrected chi connectivity index (χ4v) is 4.32. The summed E-state index contributed by atoms with van der Waals surface area (Å²) in [6.07, 6.45) is 7.23. The molecule has 2 aliphatic rings. The highest BCUT2D eigenvalue weighted by Gasteiger charge is 2.43. The van der Waals surface area contributed by atoms with E-state index in [0.29, 0.717) is 11.6 Å². The van der Waals surface area contributed by atoms with Gasteiger partial charge in [0.15, 0.2) is 0 Å². The normalized spacial score (nSPS) is 30.1. The zero-order valence-corrected chi connectivity index (χ0v) is 13.8. The van der Waals surface area contributed by atoms with Gasteiger partial charge in [0, 0.05) is 29.7 Å². The Morgan fingerprint density at radius 1 is 1.55 bits per heavy atom. The number of rotatable bonds is 4. The van der Waals surface area contributed by atoms with Crippen LogP contribution in [-0.4, -0.2) is 35.1 Å². The van der Waals surface area contributed by atoms with Crippen molar-refractivity contribution in [3.63, 3.8) is 0 Å². The molecule has 2 atom stereocenters. The van der Waals surface area contributed by atoms with Crippen LogP contribution < -0.4 is 5.32 Å². The zero-order valence-electron chi connectivity index (χ0n) is 13.0. The molecule has 1 aliphatic heterocycles. The second-order valence-electron chi connectivity index (χ2n) is 6.64. The third kappa shape index (κ3) is 2.92. The van der Waals surface area contributed by atoms with Crippen LogP contribution in [0.5, 0.6) is 0 Å². The van der Waals surface area contributed by atoms with Gasteiger partial charge in [0.05, 0.1) is 6.04 Å². The summed E-state index contributed by atoms with van der Waals surface area (Å²) >= 11 is 1.89. The summed E-state index contributed by atoms with van der Waals surface area (Å²) in [4.78, 5) is 8.71. The lowest BCUT2D eigenvalue weighted by atomic mass is 9.95. The highest BCUT2D eigenvalue weighted by molar-refractivity contribution is 7.11. The molecule has 1 saturated heterocycles. The Morgan fingerprint density at radius 2 is 2.35 bits per heavy atom. The Kier molecular flexibility index (Phi) is 4.16. The van der Waals surface area contributed by atoms with Crippen molar-refractivity contribution >= 4 is 11.3 Å². The Balaban J connectivity index is 1.73. The molecule has 0 amide bonds. The SMILES string of the molecule is CCc1cnc(C(C)N2CCCNC(C)(C3CC3)C2)s1. The fraction of sp³-hybridized carbons (Fsp3) is 0.812. The van der Waals surface area contributed by atoms with Crippen molar-refractivity contribution in [2.24, 2.45) is 5.92 Å². The molecule has 4 heteroatoms. The average Bonchev–Trinajstić information content (AvgIpc) is 3.22. The van der Waals surface area contributed by atoms with Crippen molar-refractivity contribution in [2.75, 3.05) is 19.6 Å². The monoisotopic (exact) mass is 293 g/mol. The molecular weight excluding hydrogens is 266 g/mol. The standard InChI is InChI=1S/C16H27N3S/c1-4-14-10-17-15(20-14)12(2)19-9-5-8-18-16(3,11-19)13-6-7-13/h10,12-13,18H,4-9,11H2,1-3H3. The average molecular weight is 293 g/mol. The molecule has 0 spiro atoms. The van der Waals surface area contributed by atoms with Crippen LogP contribution in [0.2, 0.25) is 0 Å². The molecular formula is C16H27N3S. The minimum Gasteiger partial charge on any atom is -0.310 e. The van der Waals surface area contributed by atoms with Gasteiger partial charge in [-0.2, -0.15) is 0 Å². The number of thiazole rings is 1.